The number of hydrogen-bond acceptors (Lipinski definition) is 4. The van der Waals surface area contributed by atoms with Gasteiger partial charge in [0.2, 0.25) is 0 Å². The normalized spacial score (nSPS) is 10.0. The standard InChI is InChI=1S/C13H20N2O4/c1-18-12-4-2-11(3-5-12)10-15-13(17)14-6-8-19-9-7-16/h2-5,16H,6-10H2,1H3,(H2,14,15,17). The summed E-state index contributed by atoms with van der Waals surface area (Å²) in [6.07, 6.45) is 0. The van der Waals surface area contributed by atoms with E-state index >= 15 is 0 Å². The molecule has 0 atom stereocenters. The second kappa shape index (κ2) is 9.18. The van der Waals surface area contributed by atoms with Crippen molar-refractivity contribution < 1.29 is 19.4 Å². The van der Waals surface area contributed by atoms with Crippen molar-refractivity contribution in [3.05, 3.63) is 29.8 Å². The van der Waals surface area contributed by atoms with Crippen molar-refractivity contribution >= 4 is 6.03 Å². The molecule has 0 bridgehead atoms. The van der Waals surface area contributed by atoms with Gasteiger partial charge in [0.1, 0.15) is 5.75 Å². The SMILES string of the molecule is COc1ccc(CNC(=O)NCCOCCO)cc1. The lowest BCUT2D eigenvalue weighted by Crippen LogP contribution is -2.37. The molecule has 0 aromatic heterocycles. The predicted molar refractivity (Wildman–Crippen MR) is 71.1 cm³/mol. The number of amides is 2. The second-order valence-electron chi connectivity index (χ2n) is 3.79. The first-order chi connectivity index (χ1) is 9.26. The number of urea groups is 1. The number of aliphatic hydroxyl groups is 1. The van der Waals surface area contributed by atoms with Crippen molar-refractivity contribution in [3.63, 3.8) is 0 Å². The summed E-state index contributed by atoms with van der Waals surface area (Å²) < 4.78 is 10.1. The largest absolute Gasteiger partial charge is 0.497 e. The van der Waals surface area contributed by atoms with Gasteiger partial charge in [0.25, 0.3) is 0 Å². The highest BCUT2D eigenvalue weighted by Crippen LogP contribution is 2.10. The molecule has 0 fully saturated rings. The molecule has 0 aliphatic carbocycles. The average Bonchev–Trinajstić information content (AvgIpc) is 2.45. The van der Waals surface area contributed by atoms with Crippen LogP contribution in [0.2, 0.25) is 0 Å². The van der Waals surface area contributed by atoms with Gasteiger partial charge in [-0.15, -0.1) is 0 Å². The summed E-state index contributed by atoms with van der Waals surface area (Å²) in [5.74, 6) is 0.786. The van der Waals surface area contributed by atoms with Crippen molar-refractivity contribution in [1.29, 1.82) is 0 Å². The summed E-state index contributed by atoms with van der Waals surface area (Å²) in [6.45, 7) is 1.52. The fourth-order valence-electron chi connectivity index (χ4n) is 1.39. The number of carbonyl (C=O) groups excluding carboxylic acids is 1. The molecule has 6 nitrogen and oxygen atoms in total. The lowest BCUT2D eigenvalue weighted by molar-refractivity contribution is 0.0947. The molecule has 0 saturated heterocycles. The Bertz CT molecular complexity index is 367. The van der Waals surface area contributed by atoms with Crippen molar-refractivity contribution in [1.82, 2.24) is 10.6 Å². The molecule has 6 heteroatoms. The number of benzene rings is 1. The summed E-state index contributed by atoms with van der Waals surface area (Å²) >= 11 is 0. The van der Waals surface area contributed by atoms with Crippen molar-refractivity contribution in [2.75, 3.05) is 33.5 Å². The predicted octanol–water partition coefficient (Wildman–Crippen LogP) is 0.503. The number of aliphatic hydroxyl groups excluding tert-OH is 1. The molecule has 1 aromatic rings. The summed E-state index contributed by atoms with van der Waals surface area (Å²) in [6, 6.07) is 7.23. The number of nitrogens with one attached hydrogen (secondary N) is 2. The first-order valence-corrected chi connectivity index (χ1v) is 6.09. The van der Waals surface area contributed by atoms with E-state index in [1.54, 1.807) is 7.11 Å². The maximum absolute atomic E-state index is 11.4. The van der Waals surface area contributed by atoms with Crippen LogP contribution in [0, 0.1) is 0 Å². The van der Waals surface area contributed by atoms with Crippen molar-refractivity contribution in [3.8, 4) is 5.75 Å². The maximum Gasteiger partial charge on any atom is 0.315 e. The molecule has 0 unspecified atom stereocenters. The van der Waals surface area contributed by atoms with Crippen LogP contribution in [0.25, 0.3) is 0 Å². The minimum absolute atomic E-state index is 0.0103. The van der Waals surface area contributed by atoms with Crippen LogP contribution >= 0.6 is 0 Å². The van der Waals surface area contributed by atoms with Gasteiger partial charge in [-0.25, -0.2) is 4.79 Å². The zero-order valence-electron chi connectivity index (χ0n) is 11.0. The van der Waals surface area contributed by atoms with Crippen molar-refractivity contribution in [2.24, 2.45) is 0 Å². The van der Waals surface area contributed by atoms with Gasteiger partial charge in [0, 0.05) is 13.1 Å². The number of carbonyl (C=O) groups is 1. The summed E-state index contributed by atoms with van der Waals surface area (Å²) in [7, 11) is 1.61. The minimum atomic E-state index is -0.247. The fraction of sp³-hybridized carbons (Fsp3) is 0.462. The molecule has 0 aliphatic heterocycles. The third kappa shape index (κ3) is 6.64. The van der Waals surface area contributed by atoms with Crippen LogP contribution in [-0.4, -0.2) is 44.6 Å². The highest BCUT2D eigenvalue weighted by molar-refractivity contribution is 5.73. The Kier molecular flexibility index (Phi) is 7.38. The number of ether oxygens (including phenoxy) is 2. The quantitative estimate of drug-likeness (QED) is 0.600. The van der Waals surface area contributed by atoms with E-state index in [2.05, 4.69) is 10.6 Å². The Hall–Kier alpha value is -1.79. The van der Waals surface area contributed by atoms with E-state index in [0.717, 1.165) is 11.3 Å². The lowest BCUT2D eigenvalue weighted by atomic mass is 10.2. The van der Waals surface area contributed by atoms with Crippen LogP contribution in [0.15, 0.2) is 24.3 Å². The van der Waals surface area contributed by atoms with Crippen LogP contribution in [-0.2, 0) is 11.3 Å². The van der Waals surface area contributed by atoms with E-state index in [1.165, 1.54) is 0 Å². The Morgan fingerprint density at radius 2 is 1.95 bits per heavy atom. The topological polar surface area (TPSA) is 79.8 Å². The summed E-state index contributed by atoms with van der Waals surface area (Å²) in [5, 5.41) is 13.9. The van der Waals surface area contributed by atoms with Gasteiger partial charge in [0.05, 0.1) is 26.9 Å². The molecule has 19 heavy (non-hydrogen) atoms. The van der Waals surface area contributed by atoms with Crippen LogP contribution in [0.3, 0.4) is 0 Å². The van der Waals surface area contributed by atoms with E-state index in [9.17, 15) is 4.79 Å². The van der Waals surface area contributed by atoms with Gasteiger partial charge >= 0.3 is 6.03 Å². The molecular weight excluding hydrogens is 248 g/mol. The zero-order valence-corrected chi connectivity index (χ0v) is 11.0. The van der Waals surface area contributed by atoms with Crippen LogP contribution in [0.5, 0.6) is 5.75 Å². The van der Waals surface area contributed by atoms with E-state index < -0.39 is 0 Å². The van der Waals surface area contributed by atoms with E-state index in [1.807, 2.05) is 24.3 Å². The lowest BCUT2D eigenvalue weighted by Gasteiger charge is -2.08. The Balaban J connectivity index is 2.15. The van der Waals surface area contributed by atoms with Gasteiger partial charge in [0.15, 0.2) is 0 Å². The number of rotatable bonds is 8. The van der Waals surface area contributed by atoms with Gasteiger partial charge < -0.3 is 25.2 Å². The zero-order chi connectivity index (χ0) is 13.9. The monoisotopic (exact) mass is 268 g/mol. The summed E-state index contributed by atoms with van der Waals surface area (Å²) in [4.78, 5) is 11.4. The second-order valence-corrected chi connectivity index (χ2v) is 3.79. The Labute approximate surface area is 112 Å². The third-order valence-corrected chi connectivity index (χ3v) is 2.38. The first kappa shape index (κ1) is 15.3. The van der Waals surface area contributed by atoms with Crippen LogP contribution in [0.1, 0.15) is 5.56 Å². The molecule has 0 radical (unpaired) electrons. The molecule has 1 aromatic carbocycles. The first-order valence-electron chi connectivity index (χ1n) is 6.09. The van der Waals surface area contributed by atoms with Crippen LogP contribution < -0.4 is 15.4 Å². The Morgan fingerprint density at radius 3 is 2.58 bits per heavy atom. The van der Waals surface area contributed by atoms with E-state index in [-0.39, 0.29) is 19.2 Å². The maximum atomic E-state index is 11.4. The van der Waals surface area contributed by atoms with E-state index in [0.29, 0.717) is 19.7 Å². The Morgan fingerprint density at radius 1 is 1.21 bits per heavy atom. The van der Waals surface area contributed by atoms with Gasteiger partial charge in [-0.05, 0) is 17.7 Å². The highest BCUT2D eigenvalue weighted by Gasteiger charge is 2.00. The molecule has 3 N–H and O–H groups in total. The molecular formula is C13H20N2O4. The number of methoxy groups -OCH3 is 1. The van der Waals surface area contributed by atoms with Gasteiger partial charge in [-0.3, -0.25) is 0 Å². The van der Waals surface area contributed by atoms with Gasteiger partial charge in [-0.1, -0.05) is 12.1 Å². The van der Waals surface area contributed by atoms with Crippen LogP contribution in [0.4, 0.5) is 4.79 Å². The number of hydrogen-bond donors (Lipinski definition) is 3. The summed E-state index contributed by atoms with van der Waals surface area (Å²) in [5.41, 5.74) is 0.993. The fourth-order valence-corrected chi connectivity index (χ4v) is 1.39. The van der Waals surface area contributed by atoms with E-state index in [4.69, 9.17) is 14.6 Å². The average molecular weight is 268 g/mol. The van der Waals surface area contributed by atoms with Crippen molar-refractivity contribution in [2.45, 2.75) is 6.54 Å². The smallest absolute Gasteiger partial charge is 0.315 e. The minimum Gasteiger partial charge on any atom is -0.497 e. The molecule has 2 amide bonds. The van der Waals surface area contributed by atoms with Gasteiger partial charge in [-0.2, -0.15) is 0 Å². The highest BCUT2D eigenvalue weighted by atomic mass is 16.5. The molecule has 0 spiro atoms. The molecule has 0 aliphatic rings. The molecule has 106 valence electrons. The molecule has 0 heterocycles. The third-order valence-electron chi connectivity index (χ3n) is 2.38. The molecule has 1 rings (SSSR count). The molecule has 0 saturated carbocycles.